The Morgan fingerprint density at radius 3 is 2.71 bits per heavy atom. The average Bonchev–Trinajstić information content (AvgIpc) is 2.87. The Hall–Kier alpha value is -1.63. The Bertz CT molecular complexity index is 875. The summed E-state index contributed by atoms with van der Waals surface area (Å²) in [7, 11) is 0. The third kappa shape index (κ3) is 2.74. The van der Waals surface area contributed by atoms with E-state index >= 15 is 0 Å². The molecule has 0 spiro atoms. The molecular weight excluding hydrogens is 376 g/mol. The van der Waals surface area contributed by atoms with Crippen molar-refractivity contribution in [1.29, 1.82) is 0 Å². The number of H-pyrrole nitrogens is 1. The van der Waals surface area contributed by atoms with Gasteiger partial charge in [0.25, 0.3) is 5.56 Å². The Kier molecular flexibility index (Phi) is 3.84. The molecular formula is C14H8BrClN2O2S. The highest BCUT2D eigenvalue weighted by molar-refractivity contribution is 9.10. The van der Waals surface area contributed by atoms with Crippen molar-refractivity contribution in [3.63, 3.8) is 0 Å². The average molecular weight is 384 g/mol. The van der Waals surface area contributed by atoms with Crippen LogP contribution in [0.1, 0.15) is 0 Å². The molecule has 0 amide bonds. The van der Waals surface area contributed by atoms with E-state index in [0.717, 1.165) is 0 Å². The topological polar surface area (TPSA) is 66.0 Å². The van der Waals surface area contributed by atoms with Crippen LogP contribution in [0.5, 0.6) is 5.88 Å². The molecule has 0 bridgehead atoms. The maximum Gasteiger partial charge on any atom is 0.263 e. The van der Waals surface area contributed by atoms with Gasteiger partial charge in [0.15, 0.2) is 5.82 Å². The molecule has 2 aromatic heterocycles. The Morgan fingerprint density at radius 1 is 1.33 bits per heavy atom. The summed E-state index contributed by atoms with van der Waals surface area (Å²) >= 11 is 10.6. The van der Waals surface area contributed by atoms with Crippen molar-refractivity contribution >= 4 is 38.9 Å². The fourth-order valence-electron chi connectivity index (χ4n) is 1.92. The third-order valence-corrected chi connectivity index (χ3v) is 4.82. The standard InChI is InChI=1S/C14H8BrClN2O2S/c15-9-4-2-1-3-8(9)11-13(19)17-12(18-14(11)20)10-5-7(16)6-21-10/h1-6H,(H2,17,18,19,20). The van der Waals surface area contributed by atoms with Crippen molar-refractivity contribution in [3.05, 3.63) is 55.6 Å². The zero-order valence-corrected chi connectivity index (χ0v) is 13.6. The molecule has 0 aliphatic heterocycles. The lowest BCUT2D eigenvalue weighted by atomic mass is 10.1. The normalized spacial score (nSPS) is 10.8. The van der Waals surface area contributed by atoms with Crippen molar-refractivity contribution in [2.45, 2.75) is 0 Å². The molecule has 2 N–H and O–H groups in total. The first kappa shape index (κ1) is 14.3. The van der Waals surface area contributed by atoms with Gasteiger partial charge in [0, 0.05) is 15.4 Å². The minimum absolute atomic E-state index is 0.133. The summed E-state index contributed by atoms with van der Waals surface area (Å²) in [6.07, 6.45) is 0. The molecule has 3 rings (SSSR count). The smallest absolute Gasteiger partial charge is 0.263 e. The molecule has 0 atom stereocenters. The number of benzene rings is 1. The van der Waals surface area contributed by atoms with Crippen molar-refractivity contribution in [3.8, 4) is 27.7 Å². The maximum absolute atomic E-state index is 12.3. The minimum Gasteiger partial charge on any atom is -0.493 e. The van der Waals surface area contributed by atoms with Gasteiger partial charge in [-0.25, -0.2) is 0 Å². The van der Waals surface area contributed by atoms with Crippen molar-refractivity contribution in [2.75, 3.05) is 0 Å². The van der Waals surface area contributed by atoms with E-state index in [4.69, 9.17) is 11.6 Å². The zero-order chi connectivity index (χ0) is 15.0. The monoisotopic (exact) mass is 382 g/mol. The van der Waals surface area contributed by atoms with E-state index in [1.807, 2.05) is 6.07 Å². The molecule has 0 fully saturated rings. The second-order valence-corrected chi connectivity index (χ2v) is 6.42. The molecule has 0 saturated heterocycles. The first-order valence-electron chi connectivity index (χ1n) is 5.89. The molecule has 0 aliphatic rings. The van der Waals surface area contributed by atoms with E-state index in [1.165, 1.54) is 11.3 Å². The molecule has 3 aromatic rings. The summed E-state index contributed by atoms with van der Waals surface area (Å²) in [4.78, 5) is 19.7. The predicted molar refractivity (Wildman–Crippen MR) is 88.0 cm³/mol. The van der Waals surface area contributed by atoms with Gasteiger partial charge in [-0.2, -0.15) is 4.98 Å². The highest BCUT2D eigenvalue weighted by Gasteiger charge is 2.16. The second-order valence-electron chi connectivity index (χ2n) is 4.22. The number of nitrogens with zero attached hydrogens (tertiary/aromatic N) is 1. The summed E-state index contributed by atoms with van der Waals surface area (Å²) in [5, 5.41) is 12.4. The van der Waals surface area contributed by atoms with E-state index in [9.17, 15) is 9.90 Å². The largest absolute Gasteiger partial charge is 0.493 e. The molecule has 0 radical (unpaired) electrons. The van der Waals surface area contributed by atoms with Gasteiger partial charge in [0.2, 0.25) is 5.88 Å². The van der Waals surface area contributed by atoms with Gasteiger partial charge in [0.05, 0.1) is 9.90 Å². The number of aromatic nitrogens is 2. The van der Waals surface area contributed by atoms with E-state index in [1.54, 1.807) is 29.6 Å². The van der Waals surface area contributed by atoms with Crippen molar-refractivity contribution < 1.29 is 5.11 Å². The number of nitrogens with one attached hydrogen (secondary N) is 1. The van der Waals surface area contributed by atoms with Crippen LogP contribution in [0.3, 0.4) is 0 Å². The quantitative estimate of drug-likeness (QED) is 0.694. The molecule has 7 heteroatoms. The fraction of sp³-hybridized carbons (Fsp3) is 0. The lowest BCUT2D eigenvalue weighted by molar-refractivity contribution is 0.454. The van der Waals surface area contributed by atoms with Gasteiger partial charge in [-0.15, -0.1) is 11.3 Å². The van der Waals surface area contributed by atoms with Crippen LogP contribution in [-0.4, -0.2) is 15.1 Å². The summed E-state index contributed by atoms with van der Waals surface area (Å²) in [6.45, 7) is 0. The Balaban J connectivity index is 2.18. The van der Waals surface area contributed by atoms with Gasteiger partial charge >= 0.3 is 0 Å². The van der Waals surface area contributed by atoms with Crippen LogP contribution in [0.2, 0.25) is 5.02 Å². The van der Waals surface area contributed by atoms with E-state index in [-0.39, 0.29) is 11.4 Å². The van der Waals surface area contributed by atoms with Crippen molar-refractivity contribution in [2.24, 2.45) is 0 Å². The van der Waals surface area contributed by atoms with Crippen LogP contribution in [-0.2, 0) is 0 Å². The Morgan fingerprint density at radius 2 is 2.10 bits per heavy atom. The van der Waals surface area contributed by atoms with Crippen LogP contribution in [0.25, 0.3) is 21.8 Å². The zero-order valence-electron chi connectivity index (χ0n) is 10.4. The molecule has 2 heterocycles. The van der Waals surface area contributed by atoms with Crippen LogP contribution >= 0.6 is 38.9 Å². The minimum atomic E-state index is -0.408. The number of hydrogen-bond acceptors (Lipinski definition) is 4. The van der Waals surface area contributed by atoms with E-state index < -0.39 is 5.56 Å². The third-order valence-electron chi connectivity index (χ3n) is 2.84. The molecule has 1 aromatic carbocycles. The van der Waals surface area contributed by atoms with Crippen molar-refractivity contribution in [1.82, 2.24) is 9.97 Å². The molecule has 0 aliphatic carbocycles. The molecule has 0 unspecified atom stereocenters. The van der Waals surface area contributed by atoms with Crippen LogP contribution in [0.4, 0.5) is 0 Å². The number of thiophene rings is 1. The van der Waals surface area contributed by atoms with Gasteiger partial charge < -0.3 is 10.1 Å². The summed E-state index contributed by atoms with van der Waals surface area (Å²) in [5.41, 5.74) is 0.308. The highest BCUT2D eigenvalue weighted by Crippen LogP contribution is 2.32. The van der Waals surface area contributed by atoms with Crippen LogP contribution in [0, 0.1) is 0 Å². The summed E-state index contributed by atoms with van der Waals surface area (Å²) in [5.74, 6) is -0.0182. The number of halogens is 2. The first-order valence-corrected chi connectivity index (χ1v) is 7.94. The predicted octanol–water partition coefficient (Wildman–Crippen LogP) is 4.29. The molecule has 4 nitrogen and oxygen atoms in total. The van der Waals surface area contributed by atoms with Crippen LogP contribution < -0.4 is 5.56 Å². The molecule has 21 heavy (non-hydrogen) atoms. The van der Waals surface area contributed by atoms with Gasteiger partial charge in [0.1, 0.15) is 5.56 Å². The SMILES string of the molecule is O=c1[nH]c(-c2cc(Cl)cs2)nc(O)c1-c1ccccc1Br. The molecule has 0 saturated carbocycles. The van der Waals surface area contributed by atoms with E-state index in [2.05, 4.69) is 25.9 Å². The fourth-order valence-corrected chi connectivity index (χ4v) is 3.42. The lowest BCUT2D eigenvalue weighted by Gasteiger charge is -2.06. The lowest BCUT2D eigenvalue weighted by Crippen LogP contribution is -2.12. The number of rotatable bonds is 2. The van der Waals surface area contributed by atoms with Gasteiger partial charge in [-0.05, 0) is 12.1 Å². The summed E-state index contributed by atoms with van der Waals surface area (Å²) < 4.78 is 0.708. The molecule has 106 valence electrons. The Labute approximate surface area is 137 Å². The number of aromatic amines is 1. The first-order chi connectivity index (χ1) is 10.1. The highest BCUT2D eigenvalue weighted by atomic mass is 79.9. The second kappa shape index (κ2) is 5.63. The van der Waals surface area contributed by atoms with E-state index in [0.29, 0.717) is 25.8 Å². The van der Waals surface area contributed by atoms with Gasteiger partial charge in [-0.3, -0.25) is 4.79 Å². The number of hydrogen-bond donors (Lipinski definition) is 2. The number of aromatic hydroxyl groups is 1. The maximum atomic E-state index is 12.3. The van der Waals surface area contributed by atoms with Crippen LogP contribution in [0.15, 0.2) is 45.0 Å². The summed E-state index contributed by atoms with van der Waals surface area (Å²) in [6, 6.07) is 8.82. The van der Waals surface area contributed by atoms with Gasteiger partial charge in [-0.1, -0.05) is 45.7 Å².